The predicted octanol–water partition coefficient (Wildman–Crippen LogP) is 2.05. The van der Waals surface area contributed by atoms with Crippen LogP contribution >= 0.6 is 0 Å². The van der Waals surface area contributed by atoms with E-state index >= 15 is 0 Å². The van der Waals surface area contributed by atoms with Crippen molar-refractivity contribution < 1.29 is 28.2 Å². The number of ether oxygens (including phenoxy) is 1. The molecule has 0 aliphatic heterocycles. The van der Waals surface area contributed by atoms with Crippen LogP contribution in [0, 0.1) is 6.92 Å². The average molecular weight is 301 g/mol. The van der Waals surface area contributed by atoms with Crippen LogP contribution in [0.2, 0.25) is 0 Å². The number of carbonyl (C=O) groups excluding carboxylic acids is 1. The molecule has 0 radical (unpaired) electrons. The van der Waals surface area contributed by atoms with Gasteiger partial charge < -0.3 is 14.7 Å². The number of hydrogen-bond acceptors (Lipinski definition) is 3. The molecule has 0 saturated carbocycles. The molecule has 116 valence electrons. The van der Waals surface area contributed by atoms with Crippen molar-refractivity contribution in [3.05, 3.63) is 34.9 Å². The zero-order valence-electron chi connectivity index (χ0n) is 11.8. The van der Waals surface area contributed by atoms with Crippen LogP contribution in [0.3, 0.4) is 0 Å². The molecule has 1 amide bonds. The molecule has 0 atom stereocenters. The molecule has 1 rings (SSSR count). The summed E-state index contributed by atoms with van der Waals surface area (Å²) >= 11 is 0. The summed E-state index contributed by atoms with van der Waals surface area (Å²) in [6.45, 7) is 1.04. The highest BCUT2D eigenvalue weighted by Crippen LogP contribution is 2.13. The first-order valence-corrected chi connectivity index (χ1v) is 6.26. The fourth-order valence-electron chi connectivity index (χ4n) is 1.86. The monoisotopic (exact) mass is 301 g/mol. The summed E-state index contributed by atoms with van der Waals surface area (Å²) in [4.78, 5) is 24.2. The molecule has 0 unspecified atom stereocenters. The van der Waals surface area contributed by atoms with Gasteiger partial charge in [-0.05, 0) is 30.7 Å². The zero-order chi connectivity index (χ0) is 16.0. The van der Waals surface area contributed by atoms with Crippen LogP contribution < -0.4 is 0 Å². The second-order valence-electron chi connectivity index (χ2n) is 4.53. The number of methoxy groups -OCH3 is 1. The molecule has 0 fully saturated rings. The molecule has 1 aromatic rings. The first kappa shape index (κ1) is 17.0. The average Bonchev–Trinajstić information content (AvgIpc) is 2.41. The van der Waals surface area contributed by atoms with Crippen molar-refractivity contribution in [3.63, 3.8) is 0 Å². The fourth-order valence-corrected chi connectivity index (χ4v) is 1.86. The Kier molecular flexibility index (Phi) is 6.23. The number of carbonyl (C=O) groups is 2. The highest BCUT2D eigenvalue weighted by molar-refractivity contribution is 5.97. The summed E-state index contributed by atoms with van der Waals surface area (Å²) in [5, 5.41) is 8.98. The Balaban J connectivity index is 3.04. The summed E-state index contributed by atoms with van der Waals surface area (Å²) in [5.74, 6) is -1.82. The van der Waals surface area contributed by atoms with Gasteiger partial charge >= 0.3 is 5.97 Å². The van der Waals surface area contributed by atoms with Crippen molar-refractivity contribution in [1.29, 1.82) is 0 Å². The number of nitrogens with zero attached hydrogens (tertiary/aromatic N) is 1. The SMILES string of the molecule is COCCN(CC(F)F)C(=O)c1cc(C)cc(C(=O)O)c1. The molecule has 0 bridgehead atoms. The first-order chi connectivity index (χ1) is 9.85. The fraction of sp³-hybridized carbons (Fsp3) is 0.429. The highest BCUT2D eigenvalue weighted by atomic mass is 19.3. The van der Waals surface area contributed by atoms with Gasteiger partial charge in [-0.3, -0.25) is 4.79 Å². The van der Waals surface area contributed by atoms with Gasteiger partial charge in [0.05, 0.1) is 18.7 Å². The number of amides is 1. The van der Waals surface area contributed by atoms with Crippen LogP contribution in [0.1, 0.15) is 26.3 Å². The molecule has 0 aliphatic rings. The Morgan fingerprint density at radius 3 is 2.43 bits per heavy atom. The van der Waals surface area contributed by atoms with E-state index in [9.17, 15) is 18.4 Å². The van der Waals surface area contributed by atoms with Gasteiger partial charge in [-0.1, -0.05) is 0 Å². The van der Waals surface area contributed by atoms with E-state index in [2.05, 4.69) is 0 Å². The third kappa shape index (κ3) is 5.11. The standard InChI is InChI=1S/C14H17F2NO4/c1-9-5-10(7-11(6-9)14(19)20)13(18)17(3-4-21-2)8-12(15)16/h5-7,12H,3-4,8H2,1-2H3,(H,19,20). The smallest absolute Gasteiger partial charge is 0.335 e. The predicted molar refractivity (Wildman–Crippen MR) is 71.9 cm³/mol. The molecule has 0 heterocycles. The number of carboxylic acid groups (broad SMARTS) is 1. The van der Waals surface area contributed by atoms with Gasteiger partial charge in [0.25, 0.3) is 12.3 Å². The number of rotatable bonds is 7. The molecule has 0 saturated heterocycles. The minimum Gasteiger partial charge on any atom is -0.478 e. The van der Waals surface area contributed by atoms with Crippen molar-refractivity contribution >= 4 is 11.9 Å². The van der Waals surface area contributed by atoms with Crippen molar-refractivity contribution in [2.24, 2.45) is 0 Å². The lowest BCUT2D eigenvalue weighted by molar-refractivity contribution is 0.0478. The van der Waals surface area contributed by atoms with Crippen LogP contribution in [0.25, 0.3) is 0 Å². The number of aryl methyl sites for hydroxylation is 1. The van der Waals surface area contributed by atoms with Crippen molar-refractivity contribution in [1.82, 2.24) is 4.90 Å². The highest BCUT2D eigenvalue weighted by Gasteiger charge is 2.21. The Bertz CT molecular complexity index is 520. The number of benzene rings is 1. The van der Waals surface area contributed by atoms with Crippen LogP contribution in [-0.2, 0) is 4.74 Å². The zero-order valence-corrected chi connectivity index (χ0v) is 11.8. The summed E-state index contributed by atoms with van der Waals surface area (Å²) < 4.78 is 29.9. The molecular weight excluding hydrogens is 284 g/mol. The van der Waals surface area contributed by atoms with Gasteiger partial charge in [0.1, 0.15) is 0 Å². The molecular formula is C14H17F2NO4. The van der Waals surface area contributed by atoms with E-state index in [1.807, 2.05) is 0 Å². The van der Waals surface area contributed by atoms with Gasteiger partial charge in [0.15, 0.2) is 0 Å². The van der Waals surface area contributed by atoms with Gasteiger partial charge in [0, 0.05) is 19.2 Å². The normalized spacial score (nSPS) is 10.7. The third-order valence-electron chi connectivity index (χ3n) is 2.78. The number of aromatic carboxylic acids is 1. The first-order valence-electron chi connectivity index (χ1n) is 6.26. The molecule has 1 N–H and O–H groups in total. The molecule has 0 aliphatic carbocycles. The molecule has 5 nitrogen and oxygen atoms in total. The molecule has 7 heteroatoms. The summed E-state index contributed by atoms with van der Waals surface area (Å²) in [6.07, 6.45) is -2.67. The maximum atomic E-state index is 12.5. The second-order valence-corrected chi connectivity index (χ2v) is 4.53. The van der Waals surface area contributed by atoms with Gasteiger partial charge in [-0.25, -0.2) is 13.6 Å². The Labute approximate surface area is 121 Å². The Hall–Kier alpha value is -2.02. The minimum atomic E-state index is -2.67. The largest absolute Gasteiger partial charge is 0.478 e. The topological polar surface area (TPSA) is 66.8 Å². The van der Waals surface area contributed by atoms with E-state index in [0.717, 1.165) is 4.90 Å². The van der Waals surface area contributed by atoms with E-state index in [0.29, 0.717) is 5.56 Å². The van der Waals surface area contributed by atoms with Crippen LogP contribution in [0.15, 0.2) is 18.2 Å². The lowest BCUT2D eigenvalue weighted by atomic mass is 10.1. The number of alkyl halides is 2. The van der Waals surface area contributed by atoms with Gasteiger partial charge in [0.2, 0.25) is 0 Å². The van der Waals surface area contributed by atoms with Gasteiger partial charge in [-0.2, -0.15) is 0 Å². The number of halogens is 2. The van der Waals surface area contributed by atoms with Crippen LogP contribution in [0.4, 0.5) is 8.78 Å². The van der Waals surface area contributed by atoms with Gasteiger partial charge in [-0.15, -0.1) is 0 Å². The summed E-state index contributed by atoms with van der Waals surface area (Å²) in [6, 6.07) is 4.06. The van der Waals surface area contributed by atoms with Crippen molar-refractivity contribution in [2.45, 2.75) is 13.3 Å². The maximum absolute atomic E-state index is 12.5. The van der Waals surface area contributed by atoms with Crippen LogP contribution in [0.5, 0.6) is 0 Å². The van der Waals surface area contributed by atoms with E-state index in [-0.39, 0.29) is 24.3 Å². The third-order valence-corrected chi connectivity index (χ3v) is 2.78. The summed E-state index contributed by atoms with van der Waals surface area (Å²) in [7, 11) is 1.40. The Morgan fingerprint density at radius 2 is 1.90 bits per heavy atom. The quantitative estimate of drug-likeness (QED) is 0.837. The van der Waals surface area contributed by atoms with E-state index < -0.39 is 24.8 Å². The molecule has 1 aromatic carbocycles. The van der Waals surface area contributed by atoms with Crippen molar-refractivity contribution in [2.75, 3.05) is 26.8 Å². The second kappa shape index (κ2) is 7.68. The van der Waals surface area contributed by atoms with Crippen LogP contribution in [-0.4, -0.2) is 55.1 Å². The lowest BCUT2D eigenvalue weighted by Crippen LogP contribution is -2.37. The molecule has 0 spiro atoms. The van der Waals surface area contributed by atoms with Crippen molar-refractivity contribution in [3.8, 4) is 0 Å². The number of hydrogen-bond donors (Lipinski definition) is 1. The maximum Gasteiger partial charge on any atom is 0.335 e. The Morgan fingerprint density at radius 1 is 1.29 bits per heavy atom. The number of carboxylic acids is 1. The minimum absolute atomic E-state index is 0.00994. The van der Waals surface area contributed by atoms with E-state index in [1.165, 1.54) is 25.3 Å². The molecule has 0 aromatic heterocycles. The summed E-state index contributed by atoms with van der Waals surface area (Å²) in [5.41, 5.74) is 0.591. The van der Waals surface area contributed by atoms with E-state index in [1.54, 1.807) is 6.92 Å². The molecule has 21 heavy (non-hydrogen) atoms. The lowest BCUT2D eigenvalue weighted by Gasteiger charge is -2.22. The van der Waals surface area contributed by atoms with E-state index in [4.69, 9.17) is 9.84 Å².